The van der Waals surface area contributed by atoms with Crippen molar-refractivity contribution in [2.24, 2.45) is 0 Å². The average molecular weight is 544 g/mol. The smallest absolute Gasteiger partial charge is 0.416 e. The van der Waals surface area contributed by atoms with Gasteiger partial charge < -0.3 is 9.84 Å². The van der Waals surface area contributed by atoms with Crippen LogP contribution in [0.25, 0.3) is 5.76 Å². The molecule has 1 aliphatic heterocycles. The van der Waals surface area contributed by atoms with Crippen LogP contribution in [-0.4, -0.2) is 23.4 Å². The monoisotopic (exact) mass is 543 g/mol. The lowest BCUT2D eigenvalue weighted by atomic mass is 9.84. The van der Waals surface area contributed by atoms with E-state index < -0.39 is 29.5 Å². The molecule has 1 atom stereocenters. The molecule has 38 heavy (non-hydrogen) atoms. The van der Waals surface area contributed by atoms with E-state index in [1.807, 2.05) is 40.7 Å². The molecular weight excluding hydrogens is 515 g/mol. The third-order valence-corrected chi connectivity index (χ3v) is 7.50. The zero-order valence-electron chi connectivity index (χ0n) is 21.6. The number of aliphatic hydroxyl groups excluding tert-OH is 1. The summed E-state index contributed by atoms with van der Waals surface area (Å²) in [5, 5.41) is 13.3. The first kappa shape index (κ1) is 27.4. The summed E-state index contributed by atoms with van der Waals surface area (Å²) in [7, 11) is 0. The fourth-order valence-corrected chi connectivity index (χ4v) is 5.55. The van der Waals surface area contributed by atoms with Crippen molar-refractivity contribution in [1.82, 2.24) is 0 Å². The number of halogens is 3. The van der Waals surface area contributed by atoms with E-state index in [2.05, 4.69) is 0 Å². The van der Waals surface area contributed by atoms with Gasteiger partial charge in [0.2, 0.25) is 0 Å². The minimum atomic E-state index is -4.55. The summed E-state index contributed by atoms with van der Waals surface area (Å²) >= 11 is 1.30. The van der Waals surface area contributed by atoms with E-state index in [9.17, 15) is 27.9 Å². The molecule has 0 radical (unpaired) electrons. The highest BCUT2D eigenvalue weighted by Gasteiger charge is 2.48. The van der Waals surface area contributed by atoms with Gasteiger partial charge in [0.15, 0.2) is 0 Å². The molecule has 1 fully saturated rings. The number of carbonyl (C=O) groups is 2. The Morgan fingerprint density at radius 2 is 1.71 bits per heavy atom. The van der Waals surface area contributed by atoms with Crippen LogP contribution in [0.1, 0.15) is 60.9 Å². The second-order valence-electron chi connectivity index (χ2n) is 10.1. The van der Waals surface area contributed by atoms with Crippen LogP contribution < -0.4 is 9.64 Å². The van der Waals surface area contributed by atoms with Crippen LogP contribution in [0, 0.1) is 6.92 Å². The third kappa shape index (κ3) is 4.95. The molecule has 5 nitrogen and oxygen atoms in total. The quantitative estimate of drug-likeness (QED) is 0.207. The summed E-state index contributed by atoms with van der Waals surface area (Å²) < 4.78 is 45.2. The minimum absolute atomic E-state index is 0.121. The van der Waals surface area contributed by atoms with Gasteiger partial charge in [-0.15, -0.1) is 11.3 Å². The Morgan fingerprint density at radius 3 is 2.24 bits per heavy atom. The number of anilines is 1. The molecule has 4 rings (SSSR count). The number of benzene rings is 2. The van der Waals surface area contributed by atoms with Gasteiger partial charge in [-0.3, -0.25) is 14.5 Å². The second kappa shape index (κ2) is 9.94. The molecule has 2 heterocycles. The first-order valence-corrected chi connectivity index (χ1v) is 12.9. The van der Waals surface area contributed by atoms with Crippen molar-refractivity contribution in [3.8, 4) is 5.75 Å². The van der Waals surface area contributed by atoms with Crippen LogP contribution in [0.3, 0.4) is 0 Å². The standard InChI is InChI=1S/C29H28F3NO4S/c1-6-37-21-12-7-17(15-20(21)28(3,4)5)24(34)22-23(26-16(2)13-14-38-26)33(27(36)25(22)35)19-10-8-18(9-11-19)29(30,31)32/h7-15,23,34H,6H2,1-5H3/b24-22-. The molecule has 0 bridgehead atoms. The molecule has 1 saturated heterocycles. The highest BCUT2D eigenvalue weighted by molar-refractivity contribution is 7.10. The molecule has 0 aliphatic carbocycles. The number of amides is 1. The van der Waals surface area contributed by atoms with Crippen molar-refractivity contribution < 1.29 is 32.6 Å². The van der Waals surface area contributed by atoms with Crippen molar-refractivity contribution >= 4 is 34.5 Å². The van der Waals surface area contributed by atoms with E-state index in [1.165, 1.54) is 23.5 Å². The number of hydrogen-bond donors (Lipinski definition) is 1. The number of alkyl halides is 3. The predicted octanol–water partition coefficient (Wildman–Crippen LogP) is 7.40. The molecule has 200 valence electrons. The lowest BCUT2D eigenvalue weighted by Crippen LogP contribution is -2.29. The number of ketones is 1. The molecule has 3 aromatic rings. The summed E-state index contributed by atoms with van der Waals surface area (Å²) in [5.41, 5.74) is 0.713. The first-order valence-electron chi connectivity index (χ1n) is 12.1. The van der Waals surface area contributed by atoms with Crippen LogP contribution in [0.2, 0.25) is 0 Å². The second-order valence-corrected chi connectivity index (χ2v) is 11.0. The number of hydrogen-bond acceptors (Lipinski definition) is 5. The Kier molecular flexibility index (Phi) is 7.18. The normalized spacial score (nSPS) is 17.8. The van der Waals surface area contributed by atoms with Crippen LogP contribution >= 0.6 is 11.3 Å². The van der Waals surface area contributed by atoms with Gasteiger partial charge in [-0.1, -0.05) is 20.8 Å². The maximum atomic E-state index is 13.4. The molecule has 9 heteroatoms. The molecule has 1 unspecified atom stereocenters. The van der Waals surface area contributed by atoms with E-state index >= 15 is 0 Å². The van der Waals surface area contributed by atoms with Crippen molar-refractivity contribution in [2.45, 2.75) is 52.3 Å². The van der Waals surface area contributed by atoms with Gasteiger partial charge in [-0.25, -0.2) is 0 Å². The maximum absolute atomic E-state index is 13.4. The van der Waals surface area contributed by atoms with Crippen molar-refractivity contribution in [3.63, 3.8) is 0 Å². The van der Waals surface area contributed by atoms with Crippen molar-refractivity contribution in [2.75, 3.05) is 11.5 Å². The molecule has 1 aliphatic rings. The number of aliphatic hydroxyl groups is 1. The lowest BCUT2D eigenvalue weighted by molar-refractivity contribution is -0.137. The van der Waals surface area contributed by atoms with Gasteiger partial charge in [0.1, 0.15) is 17.6 Å². The number of rotatable bonds is 5. The van der Waals surface area contributed by atoms with Crippen LogP contribution in [0.5, 0.6) is 5.75 Å². The van der Waals surface area contributed by atoms with Gasteiger partial charge in [0.05, 0.1) is 17.7 Å². The van der Waals surface area contributed by atoms with E-state index in [-0.39, 0.29) is 22.4 Å². The number of nitrogens with zero attached hydrogens (tertiary/aromatic N) is 1. The van der Waals surface area contributed by atoms with Crippen LogP contribution in [0.15, 0.2) is 59.5 Å². The Morgan fingerprint density at radius 1 is 1.05 bits per heavy atom. The average Bonchev–Trinajstić information content (AvgIpc) is 3.38. The van der Waals surface area contributed by atoms with Crippen molar-refractivity contribution in [3.05, 3.63) is 86.6 Å². The molecule has 1 amide bonds. The molecule has 1 aromatic heterocycles. The SMILES string of the molecule is CCOc1ccc(/C(O)=C2/C(=O)C(=O)N(c3ccc(C(F)(F)F)cc3)C2c2sccc2C)cc1C(C)(C)C. The summed E-state index contributed by atoms with van der Waals surface area (Å²) in [5.74, 6) is -1.55. The number of ether oxygens (including phenoxy) is 1. The molecule has 0 spiro atoms. The Balaban J connectivity index is 1.91. The summed E-state index contributed by atoms with van der Waals surface area (Å²) in [6.07, 6.45) is -4.55. The summed E-state index contributed by atoms with van der Waals surface area (Å²) in [4.78, 5) is 28.5. The van der Waals surface area contributed by atoms with Gasteiger partial charge in [-0.05, 0) is 78.7 Å². The van der Waals surface area contributed by atoms with Gasteiger partial charge in [0, 0.05) is 21.7 Å². The first-order chi connectivity index (χ1) is 17.8. The summed E-state index contributed by atoms with van der Waals surface area (Å²) in [6, 6.07) is 9.97. The molecule has 1 N–H and O–H groups in total. The Bertz CT molecular complexity index is 1410. The van der Waals surface area contributed by atoms with E-state index in [1.54, 1.807) is 23.6 Å². The largest absolute Gasteiger partial charge is 0.507 e. The topological polar surface area (TPSA) is 66.8 Å². The van der Waals surface area contributed by atoms with Crippen LogP contribution in [-0.2, 0) is 21.2 Å². The number of Topliss-reactive ketones (excluding diaryl/α,β-unsaturated/α-hetero) is 1. The zero-order valence-corrected chi connectivity index (χ0v) is 22.5. The maximum Gasteiger partial charge on any atom is 0.416 e. The van der Waals surface area contributed by atoms with Gasteiger partial charge in [0.25, 0.3) is 11.7 Å². The molecule has 0 saturated carbocycles. The molecular formula is C29H28F3NO4S. The number of thiophene rings is 1. The van der Waals surface area contributed by atoms with Gasteiger partial charge >= 0.3 is 6.18 Å². The summed E-state index contributed by atoms with van der Waals surface area (Å²) in [6.45, 7) is 10.1. The van der Waals surface area contributed by atoms with Crippen molar-refractivity contribution in [1.29, 1.82) is 0 Å². The highest BCUT2D eigenvalue weighted by Crippen LogP contribution is 2.46. The van der Waals surface area contributed by atoms with Gasteiger partial charge in [-0.2, -0.15) is 13.2 Å². The van der Waals surface area contributed by atoms with Crippen LogP contribution in [0.4, 0.5) is 18.9 Å². The Labute approximate surface area is 223 Å². The zero-order chi connectivity index (χ0) is 28.0. The predicted molar refractivity (Wildman–Crippen MR) is 142 cm³/mol. The fraction of sp³-hybridized carbons (Fsp3) is 0.310. The molecule has 2 aromatic carbocycles. The highest BCUT2D eigenvalue weighted by atomic mass is 32.1. The Hall–Kier alpha value is -3.59. The number of aryl methyl sites for hydroxylation is 1. The lowest BCUT2D eigenvalue weighted by Gasteiger charge is -2.26. The fourth-order valence-electron chi connectivity index (χ4n) is 4.52. The minimum Gasteiger partial charge on any atom is -0.507 e. The number of carbonyl (C=O) groups excluding carboxylic acids is 2. The van der Waals surface area contributed by atoms with E-state index in [0.717, 1.165) is 28.2 Å². The van der Waals surface area contributed by atoms with E-state index in [0.29, 0.717) is 22.8 Å². The van der Waals surface area contributed by atoms with E-state index in [4.69, 9.17) is 4.74 Å². The third-order valence-electron chi connectivity index (χ3n) is 6.43.